The van der Waals surface area contributed by atoms with E-state index in [-0.39, 0.29) is 24.4 Å². The van der Waals surface area contributed by atoms with Crippen molar-refractivity contribution in [1.29, 1.82) is 0 Å². The molecule has 5 heteroatoms. The fourth-order valence-corrected chi connectivity index (χ4v) is 2.60. The van der Waals surface area contributed by atoms with Crippen LogP contribution in [0.15, 0.2) is 18.2 Å². The van der Waals surface area contributed by atoms with Crippen LogP contribution in [0.2, 0.25) is 0 Å². The summed E-state index contributed by atoms with van der Waals surface area (Å²) in [5.74, 6) is 0.268. The zero-order valence-electron chi connectivity index (χ0n) is 12.7. The minimum atomic E-state index is -0.298. The van der Waals surface area contributed by atoms with Gasteiger partial charge in [-0.15, -0.1) is 0 Å². The van der Waals surface area contributed by atoms with Crippen molar-refractivity contribution in [2.45, 2.75) is 32.7 Å². The van der Waals surface area contributed by atoms with Gasteiger partial charge in [0, 0.05) is 24.7 Å². The van der Waals surface area contributed by atoms with Gasteiger partial charge < -0.3 is 15.0 Å². The first-order chi connectivity index (χ1) is 10.1. The van der Waals surface area contributed by atoms with Crippen LogP contribution in [0.3, 0.4) is 0 Å². The molecule has 116 valence electrons. The molecule has 21 heavy (non-hydrogen) atoms. The second kappa shape index (κ2) is 7.41. The highest BCUT2D eigenvalue weighted by molar-refractivity contribution is 5.78. The monoisotopic (exact) mass is 294 g/mol. The molecule has 1 aliphatic heterocycles. The molecule has 0 radical (unpaired) electrons. The van der Waals surface area contributed by atoms with Crippen LogP contribution in [0.1, 0.15) is 38.3 Å². The summed E-state index contributed by atoms with van der Waals surface area (Å²) in [4.78, 5) is 13.8. The molecule has 0 bridgehead atoms. The standard InChI is InChI=1S/C16H23FN2O2/c1-3-18-12(2)14-10-13(17)6-7-15(14)21-11-16(20)19-8-4-5-9-19/h6-7,10,12,18H,3-5,8-9,11H2,1-2H3. The van der Waals surface area contributed by atoms with E-state index in [0.717, 1.165) is 38.0 Å². The zero-order valence-corrected chi connectivity index (χ0v) is 12.7. The minimum absolute atomic E-state index is 0.00104. The summed E-state index contributed by atoms with van der Waals surface area (Å²) < 4.78 is 19.1. The summed E-state index contributed by atoms with van der Waals surface area (Å²) in [7, 11) is 0. The lowest BCUT2D eigenvalue weighted by Gasteiger charge is -2.19. The molecule has 1 saturated heterocycles. The van der Waals surface area contributed by atoms with E-state index in [2.05, 4.69) is 5.32 Å². The molecule has 1 amide bonds. The van der Waals surface area contributed by atoms with Gasteiger partial charge in [-0.3, -0.25) is 4.79 Å². The van der Waals surface area contributed by atoms with Gasteiger partial charge in [-0.05, 0) is 44.5 Å². The lowest BCUT2D eigenvalue weighted by molar-refractivity contribution is -0.132. The fraction of sp³-hybridized carbons (Fsp3) is 0.562. The summed E-state index contributed by atoms with van der Waals surface area (Å²) >= 11 is 0. The number of ether oxygens (including phenoxy) is 1. The quantitative estimate of drug-likeness (QED) is 0.876. The molecule has 1 N–H and O–H groups in total. The van der Waals surface area contributed by atoms with Crippen molar-refractivity contribution in [3.05, 3.63) is 29.6 Å². The Morgan fingerprint density at radius 3 is 2.81 bits per heavy atom. The van der Waals surface area contributed by atoms with Crippen LogP contribution in [0.4, 0.5) is 4.39 Å². The third-order valence-electron chi connectivity index (χ3n) is 3.76. The molecule has 1 heterocycles. The normalized spacial score (nSPS) is 16.0. The van der Waals surface area contributed by atoms with Crippen LogP contribution in [0.5, 0.6) is 5.75 Å². The van der Waals surface area contributed by atoms with Gasteiger partial charge in [-0.1, -0.05) is 6.92 Å². The Morgan fingerprint density at radius 1 is 1.43 bits per heavy atom. The molecule has 4 nitrogen and oxygen atoms in total. The third kappa shape index (κ3) is 4.17. The average Bonchev–Trinajstić information content (AvgIpc) is 3.00. The first-order valence-corrected chi connectivity index (χ1v) is 7.55. The first-order valence-electron chi connectivity index (χ1n) is 7.55. The summed E-state index contributed by atoms with van der Waals surface area (Å²) in [6.45, 7) is 6.36. The molecular weight excluding hydrogens is 271 g/mol. The zero-order chi connectivity index (χ0) is 15.2. The highest BCUT2D eigenvalue weighted by atomic mass is 19.1. The summed E-state index contributed by atoms with van der Waals surface area (Å²) in [5.41, 5.74) is 0.742. The van der Waals surface area contributed by atoms with Gasteiger partial charge in [-0.2, -0.15) is 0 Å². The number of likely N-dealkylation sites (tertiary alicyclic amines) is 1. The van der Waals surface area contributed by atoms with Crippen molar-refractivity contribution in [3.8, 4) is 5.75 Å². The molecule has 1 aliphatic rings. The maximum Gasteiger partial charge on any atom is 0.260 e. The first kappa shape index (κ1) is 15.8. The number of amides is 1. The molecule has 0 aromatic heterocycles. The Hall–Kier alpha value is -1.62. The predicted molar refractivity (Wildman–Crippen MR) is 79.8 cm³/mol. The van der Waals surface area contributed by atoms with Crippen molar-refractivity contribution in [2.24, 2.45) is 0 Å². The number of carbonyl (C=O) groups is 1. The van der Waals surface area contributed by atoms with Crippen LogP contribution in [-0.2, 0) is 4.79 Å². The second-order valence-electron chi connectivity index (χ2n) is 5.34. The predicted octanol–water partition coefficient (Wildman–Crippen LogP) is 2.50. The van der Waals surface area contributed by atoms with Crippen molar-refractivity contribution in [2.75, 3.05) is 26.2 Å². The van der Waals surface area contributed by atoms with Gasteiger partial charge in [0.1, 0.15) is 11.6 Å². The number of hydrogen-bond acceptors (Lipinski definition) is 3. The summed E-state index contributed by atoms with van der Waals surface area (Å²) in [6, 6.07) is 4.39. The molecule has 1 aromatic rings. The number of nitrogens with zero attached hydrogens (tertiary/aromatic N) is 1. The maximum absolute atomic E-state index is 13.4. The molecule has 1 aromatic carbocycles. The largest absolute Gasteiger partial charge is 0.483 e. The van der Waals surface area contributed by atoms with E-state index >= 15 is 0 Å². The number of halogens is 1. The topological polar surface area (TPSA) is 41.6 Å². The fourth-order valence-electron chi connectivity index (χ4n) is 2.60. The molecule has 0 spiro atoms. The molecule has 1 unspecified atom stereocenters. The van der Waals surface area contributed by atoms with Gasteiger partial charge in [0.25, 0.3) is 5.91 Å². The third-order valence-corrected chi connectivity index (χ3v) is 3.76. The molecule has 1 fully saturated rings. The second-order valence-corrected chi connectivity index (χ2v) is 5.34. The van der Waals surface area contributed by atoms with E-state index in [1.54, 1.807) is 6.07 Å². The van der Waals surface area contributed by atoms with Gasteiger partial charge in [0.2, 0.25) is 0 Å². The molecule has 0 saturated carbocycles. The Bertz CT molecular complexity index is 487. The van der Waals surface area contributed by atoms with Crippen LogP contribution in [0, 0.1) is 5.82 Å². The Morgan fingerprint density at radius 2 is 2.14 bits per heavy atom. The average molecular weight is 294 g/mol. The summed E-state index contributed by atoms with van der Waals surface area (Å²) in [5, 5.41) is 3.23. The van der Waals surface area contributed by atoms with Crippen LogP contribution in [-0.4, -0.2) is 37.0 Å². The van der Waals surface area contributed by atoms with E-state index in [1.807, 2.05) is 18.7 Å². The Labute approximate surface area is 125 Å². The van der Waals surface area contributed by atoms with Crippen molar-refractivity contribution in [1.82, 2.24) is 10.2 Å². The van der Waals surface area contributed by atoms with Crippen molar-refractivity contribution in [3.63, 3.8) is 0 Å². The lowest BCUT2D eigenvalue weighted by Crippen LogP contribution is -2.32. The Kier molecular flexibility index (Phi) is 5.56. The maximum atomic E-state index is 13.4. The molecule has 1 atom stereocenters. The van der Waals surface area contributed by atoms with Crippen LogP contribution < -0.4 is 10.1 Å². The van der Waals surface area contributed by atoms with E-state index < -0.39 is 0 Å². The van der Waals surface area contributed by atoms with E-state index in [4.69, 9.17) is 4.74 Å². The van der Waals surface area contributed by atoms with Gasteiger partial charge >= 0.3 is 0 Å². The van der Waals surface area contributed by atoms with E-state index in [9.17, 15) is 9.18 Å². The number of carbonyl (C=O) groups excluding carboxylic acids is 1. The SMILES string of the molecule is CCNC(C)c1cc(F)ccc1OCC(=O)N1CCCC1. The number of benzene rings is 1. The molecule has 2 rings (SSSR count). The van der Waals surface area contributed by atoms with E-state index in [0.29, 0.717) is 5.75 Å². The van der Waals surface area contributed by atoms with Crippen LogP contribution >= 0.6 is 0 Å². The van der Waals surface area contributed by atoms with Gasteiger partial charge in [-0.25, -0.2) is 4.39 Å². The van der Waals surface area contributed by atoms with Crippen LogP contribution in [0.25, 0.3) is 0 Å². The van der Waals surface area contributed by atoms with Crippen molar-refractivity contribution >= 4 is 5.91 Å². The number of hydrogen-bond donors (Lipinski definition) is 1. The summed E-state index contributed by atoms with van der Waals surface area (Å²) in [6.07, 6.45) is 2.12. The smallest absolute Gasteiger partial charge is 0.260 e. The molecular formula is C16H23FN2O2. The van der Waals surface area contributed by atoms with E-state index in [1.165, 1.54) is 12.1 Å². The number of nitrogens with one attached hydrogen (secondary N) is 1. The minimum Gasteiger partial charge on any atom is -0.483 e. The molecule has 0 aliphatic carbocycles. The Balaban J connectivity index is 2.03. The van der Waals surface area contributed by atoms with Crippen molar-refractivity contribution < 1.29 is 13.9 Å². The highest BCUT2D eigenvalue weighted by Gasteiger charge is 2.19. The van der Waals surface area contributed by atoms with Gasteiger partial charge in [0.05, 0.1) is 0 Å². The highest BCUT2D eigenvalue weighted by Crippen LogP contribution is 2.26. The lowest BCUT2D eigenvalue weighted by atomic mass is 10.1. The van der Waals surface area contributed by atoms with Gasteiger partial charge in [0.15, 0.2) is 6.61 Å². The number of rotatable bonds is 6.